The lowest BCUT2D eigenvalue weighted by atomic mass is 9.77. The van der Waals surface area contributed by atoms with E-state index >= 15 is 0 Å². The third-order valence-corrected chi connectivity index (χ3v) is 12.1. The van der Waals surface area contributed by atoms with Gasteiger partial charge in [-0.15, -0.1) is 5.10 Å². The maximum Gasteiger partial charge on any atom is 0.367 e. The van der Waals surface area contributed by atoms with E-state index in [4.69, 9.17) is 35.7 Å². The summed E-state index contributed by atoms with van der Waals surface area (Å²) in [4.78, 5) is 18.1. The topological polar surface area (TPSA) is 123 Å². The summed E-state index contributed by atoms with van der Waals surface area (Å²) in [5, 5.41) is 13.8. The van der Waals surface area contributed by atoms with Crippen molar-refractivity contribution < 1.29 is 23.1 Å². The predicted molar refractivity (Wildman–Crippen MR) is 229 cm³/mol. The van der Waals surface area contributed by atoms with Crippen LogP contribution >= 0.6 is 19.2 Å². The number of unbranched alkanes of at least 4 members (excludes halogenated alkanes) is 1. The Morgan fingerprint density at radius 1 is 0.729 bits per heavy atom. The smallest absolute Gasteiger partial charge is 0.367 e. The van der Waals surface area contributed by atoms with Gasteiger partial charge >= 0.3 is 13.6 Å². The summed E-state index contributed by atoms with van der Waals surface area (Å²) in [7, 11) is -3.65. The highest BCUT2D eigenvalue weighted by Crippen LogP contribution is 2.48. The Morgan fingerprint density at radius 3 is 1.81 bits per heavy atom. The Kier molecular flexibility index (Phi) is 13.3. The number of aromatic nitrogens is 6. The van der Waals surface area contributed by atoms with Crippen molar-refractivity contribution in [1.82, 2.24) is 29.8 Å². The Bertz CT molecular complexity index is 2410. The number of rotatable bonds is 18. The van der Waals surface area contributed by atoms with Crippen molar-refractivity contribution in [2.24, 2.45) is 0 Å². The van der Waals surface area contributed by atoms with E-state index in [0.717, 1.165) is 51.8 Å². The zero-order valence-corrected chi connectivity index (χ0v) is 34.9. The lowest BCUT2D eigenvalue weighted by Crippen LogP contribution is -2.39. The molecule has 0 radical (unpaired) electrons. The summed E-state index contributed by atoms with van der Waals surface area (Å²) in [5.41, 5.74) is 5.82. The van der Waals surface area contributed by atoms with Crippen LogP contribution in [0.2, 0.25) is 5.15 Å². The summed E-state index contributed by atoms with van der Waals surface area (Å²) in [6, 6.07) is 47.1. The minimum Gasteiger partial charge on any atom is -0.448 e. The molecular formula is C46H46ClN6O5P. The van der Waals surface area contributed by atoms with Gasteiger partial charge in [0.25, 0.3) is 0 Å². The van der Waals surface area contributed by atoms with Crippen molar-refractivity contribution in [1.29, 1.82) is 0 Å². The van der Waals surface area contributed by atoms with Gasteiger partial charge in [0.2, 0.25) is 0 Å². The number of ether oxygens (including phenoxy) is 1. The Balaban J connectivity index is 1.26. The number of carbonyl (C=O) groups excluding carboxylic acids is 1. The van der Waals surface area contributed by atoms with Crippen molar-refractivity contribution in [2.75, 3.05) is 19.6 Å². The van der Waals surface area contributed by atoms with Gasteiger partial charge in [0, 0.05) is 18.5 Å². The molecule has 7 aromatic rings. The van der Waals surface area contributed by atoms with E-state index in [1.54, 1.807) is 18.4 Å². The normalized spacial score (nSPS) is 11.8. The van der Waals surface area contributed by atoms with Crippen molar-refractivity contribution in [2.45, 2.75) is 52.1 Å². The van der Waals surface area contributed by atoms with Crippen molar-refractivity contribution >= 4 is 25.2 Å². The van der Waals surface area contributed by atoms with Crippen LogP contribution in [0.1, 0.15) is 72.2 Å². The molecule has 0 aliphatic rings. The Morgan fingerprint density at radius 2 is 1.27 bits per heavy atom. The van der Waals surface area contributed by atoms with Gasteiger partial charge in [0.1, 0.15) is 11.4 Å². The fraction of sp³-hybridized carbons (Fsp3) is 0.239. The highest BCUT2D eigenvalue weighted by atomic mass is 35.5. The predicted octanol–water partition coefficient (Wildman–Crippen LogP) is 10.5. The molecule has 0 fully saturated rings. The van der Waals surface area contributed by atoms with Crippen molar-refractivity contribution in [3.63, 3.8) is 0 Å². The van der Waals surface area contributed by atoms with Crippen LogP contribution < -0.4 is 0 Å². The average Bonchev–Trinajstić information content (AvgIpc) is 3.88. The number of halogens is 1. The van der Waals surface area contributed by atoms with E-state index in [0.29, 0.717) is 24.6 Å². The highest BCUT2D eigenvalue weighted by molar-refractivity contribution is 7.53. The zero-order chi connectivity index (χ0) is 41.2. The first-order valence-electron chi connectivity index (χ1n) is 19.8. The second-order valence-electron chi connectivity index (χ2n) is 13.8. The van der Waals surface area contributed by atoms with E-state index in [9.17, 15) is 9.36 Å². The molecule has 0 aliphatic carbocycles. The number of imidazole rings is 1. The molecule has 0 bridgehead atoms. The molecule has 0 saturated carbocycles. The van der Waals surface area contributed by atoms with Crippen LogP contribution in [-0.4, -0.2) is 55.3 Å². The van der Waals surface area contributed by atoms with E-state index in [2.05, 4.69) is 59.6 Å². The quantitative estimate of drug-likeness (QED) is 0.0472. The van der Waals surface area contributed by atoms with Crippen LogP contribution in [0.5, 0.6) is 0 Å². The number of tetrazole rings is 1. The largest absolute Gasteiger partial charge is 0.448 e. The Hall–Kier alpha value is -5.71. The number of benzene rings is 5. The van der Waals surface area contributed by atoms with E-state index < -0.39 is 25.5 Å². The summed E-state index contributed by atoms with van der Waals surface area (Å²) in [5.74, 6) is 0.489. The van der Waals surface area contributed by atoms with Crippen LogP contribution in [0.25, 0.3) is 22.5 Å². The number of nitrogens with zero attached hydrogens (tertiary/aromatic N) is 6. The van der Waals surface area contributed by atoms with Gasteiger partial charge in [-0.2, -0.15) is 0 Å². The third kappa shape index (κ3) is 8.70. The zero-order valence-electron chi connectivity index (χ0n) is 33.3. The molecule has 2 aromatic heterocycles. The minimum absolute atomic E-state index is 0.0182. The first-order valence-corrected chi connectivity index (χ1v) is 21.9. The Labute approximate surface area is 349 Å². The SMILES string of the molecule is CCCCc1nc(Cl)c(C(=O)OCP(=O)(OCC)OCC)n1Cc1ccc(-c2ccccc2-c2nnnn2C(c2ccccc2)(c2ccccc2)c2ccccc2)cc1. The maximum absolute atomic E-state index is 13.6. The monoisotopic (exact) mass is 828 g/mol. The number of hydrogen-bond donors (Lipinski definition) is 0. The third-order valence-electron chi connectivity index (χ3n) is 10.1. The fourth-order valence-electron chi connectivity index (χ4n) is 7.46. The molecule has 2 heterocycles. The molecule has 7 rings (SSSR count). The molecule has 0 aliphatic heterocycles. The van der Waals surface area contributed by atoms with Crippen LogP contribution in [0.3, 0.4) is 0 Å². The van der Waals surface area contributed by atoms with E-state index in [1.165, 1.54) is 0 Å². The van der Waals surface area contributed by atoms with Crippen LogP contribution in [0.4, 0.5) is 0 Å². The van der Waals surface area contributed by atoms with Gasteiger partial charge in [-0.05, 0) is 64.1 Å². The molecule has 0 amide bonds. The molecule has 0 N–H and O–H groups in total. The first-order chi connectivity index (χ1) is 28.8. The van der Waals surface area contributed by atoms with Gasteiger partial charge < -0.3 is 18.4 Å². The van der Waals surface area contributed by atoms with E-state index in [-0.39, 0.29) is 24.1 Å². The van der Waals surface area contributed by atoms with Crippen LogP contribution in [-0.2, 0) is 36.9 Å². The molecule has 11 nitrogen and oxygen atoms in total. The lowest BCUT2D eigenvalue weighted by molar-refractivity contribution is 0.0520. The van der Waals surface area contributed by atoms with Crippen molar-refractivity contribution in [3.8, 4) is 22.5 Å². The molecule has 0 spiro atoms. The molecule has 0 saturated heterocycles. The summed E-state index contributed by atoms with van der Waals surface area (Å²) in [6.45, 7) is 6.06. The first kappa shape index (κ1) is 41.4. The molecule has 302 valence electrons. The van der Waals surface area contributed by atoms with E-state index in [1.807, 2.05) is 102 Å². The number of hydrogen-bond acceptors (Lipinski definition) is 9. The van der Waals surface area contributed by atoms with Gasteiger partial charge in [0.15, 0.2) is 23.0 Å². The second-order valence-corrected chi connectivity index (χ2v) is 16.2. The van der Waals surface area contributed by atoms with Gasteiger partial charge in [-0.3, -0.25) is 4.57 Å². The standard InChI is InChI=1S/C46H46ClN6O5P/c1-4-7-27-41-48-43(47)42(45(54)56-33-59(55,57-5-2)58-6-3)52(41)32-34-28-30-35(31-29-34)39-25-17-18-26-40(39)44-49-50-51-53(44)46(36-19-11-8-12-20-36,37-21-13-9-14-22-37)38-23-15-10-16-24-38/h8-26,28-31H,4-7,27,32-33H2,1-3H3. The molecule has 0 atom stereocenters. The van der Waals surface area contributed by atoms with Crippen LogP contribution in [0, 0.1) is 0 Å². The second kappa shape index (κ2) is 18.9. The molecule has 59 heavy (non-hydrogen) atoms. The molecular weight excluding hydrogens is 783 g/mol. The number of esters is 1. The number of aryl methyl sites for hydroxylation is 1. The molecule has 0 unspecified atom stereocenters. The highest BCUT2D eigenvalue weighted by Gasteiger charge is 2.42. The minimum atomic E-state index is -3.65. The summed E-state index contributed by atoms with van der Waals surface area (Å²) < 4.78 is 32.9. The van der Waals surface area contributed by atoms with Gasteiger partial charge in [-0.25, -0.2) is 14.5 Å². The van der Waals surface area contributed by atoms with Crippen molar-refractivity contribution in [3.05, 3.63) is 178 Å². The lowest BCUT2D eigenvalue weighted by Gasteiger charge is -2.36. The fourth-order valence-corrected chi connectivity index (χ4v) is 9.02. The summed E-state index contributed by atoms with van der Waals surface area (Å²) >= 11 is 6.61. The number of carbonyl (C=O) groups is 1. The maximum atomic E-state index is 13.6. The molecule has 13 heteroatoms. The average molecular weight is 829 g/mol. The molecule has 5 aromatic carbocycles. The summed E-state index contributed by atoms with van der Waals surface area (Å²) in [6.07, 6.45) is 1.84. The van der Waals surface area contributed by atoms with Crippen LogP contribution in [0.15, 0.2) is 140 Å². The van der Waals surface area contributed by atoms with Gasteiger partial charge in [0.05, 0.1) is 13.2 Å². The van der Waals surface area contributed by atoms with Gasteiger partial charge in [-0.1, -0.05) is 164 Å².